The molecular formula is C23H26FN5O4. The third kappa shape index (κ3) is 4.67. The predicted octanol–water partition coefficient (Wildman–Crippen LogP) is 1.73. The topological polar surface area (TPSA) is 102 Å². The Morgan fingerprint density at radius 3 is 2.58 bits per heavy atom. The molecule has 1 atom stereocenters. The number of nitrogens with one attached hydrogen (secondary N) is 1. The van der Waals surface area contributed by atoms with E-state index in [4.69, 9.17) is 4.74 Å². The van der Waals surface area contributed by atoms with Gasteiger partial charge in [0.1, 0.15) is 17.3 Å². The smallest absolute Gasteiger partial charge is 0.332 e. The first-order chi connectivity index (χ1) is 16.0. The van der Waals surface area contributed by atoms with E-state index in [1.807, 2.05) is 13.0 Å². The fourth-order valence-electron chi connectivity index (χ4n) is 3.89. The van der Waals surface area contributed by atoms with Gasteiger partial charge in [-0.3, -0.25) is 18.9 Å². The van der Waals surface area contributed by atoms with Crippen LogP contribution in [0.1, 0.15) is 24.5 Å². The zero-order valence-electron chi connectivity index (χ0n) is 18.3. The van der Waals surface area contributed by atoms with E-state index in [-0.39, 0.29) is 38.5 Å². The van der Waals surface area contributed by atoms with Gasteiger partial charge in [-0.05, 0) is 42.7 Å². The molecule has 0 amide bonds. The van der Waals surface area contributed by atoms with Crippen LogP contribution in [0.3, 0.4) is 0 Å². The zero-order valence-corrected chi connectivity index (χ0v) is 18.3. The number of hydrogen-bond acceptors (Lipinski definition) is 7. The summed E-state index contributed by atoms with van der Waals surface area (Å²) in [6.45, 7) is 2.61. The van der Waals surface area contributed by atoms with Crippen molar-refractivity contribution in [1.29, 1.82) is 0 Å². The molecule has 3 heterocycles. The van der Waals surface area contributed by atoms with Crippen LogP contribution in [0.25, 0.3) is 0 Å². The first-order valence-electron chi connectivity index (χ1n) is 10.8. The second kappa shape index (κ2) is 9.97. The van der Waals surface area contributed by atoms with Crippen molar-refractivity contribution in [3.8, 4) is 0 Å². The van der Waals surface area contributed by atoms with Crippen LogP contribution in [0, 0.1) is 5.82 Å². The molecule has 0 bridgehead atoms. The van der Waals surface area contributed by atoms with Gasteiger partial charge in [0.2, 0.25) is 6.35 Å². The minimum Gasteiger partial charge on any atom is -0.396 e. The maximum Gasteiger partial charge on any atom is 0.332 e. The molecule has 0 saturated carbocycles. The molecule has 0 aliphatic carbocycles. The summed E-state index contributed by atoms with van der Waals surface area (Å²) in [5.41, 5.74) is 0.910. The number of aliphatic hydroxyl groups is 1. The van der Waals surface area contributed by atoms with Gasteiger partial charge in [-0.1, -0.05) is 18.2 Å². The molecule has 1 aliphatic rings. The van der Waals surface area contributed by atoms with E-state index in [2.05, 4.69) is 10.3 Å². The van der Waals surface area contributed by atoms with Crippen LogP contribution in [-0.4, -0.2) is 38.8 Å². The fraction of sp³-hybridized carbons (Fsp3) is 0.348. The average Bonchev–Trinajstić information content (AvgIpc) is 3.17. The largest absolute Gasteiger partial charge is 0.396 e. The van der Waals surface area contributed by atoms with Gasteiger partial charge in [0.25, 0.3) is 5.56 Å². The van der Waals surface area contributed by atoms with Crippen LogP contribution in [-0.2, 0) is 24.4 Å². The molecule has 4 rings (SSSR count). The number of halogens is 1. The molecule has 1 unspecified atom stereocenters. The number of hydrogen-bond donors (Lipinski definition) is 2. The van der Waals surface area contributed by atoms with E-state index in [9.17, 15) is 19.1 Å². The maximum atomic E-state index is 13.5. The molecule has 0 saturated heterocycles. The molecule has 10 heteroatoms. The molecule has 0 fully saturated rings. The van der Waals surface area contributed by atoms with Crippen molar-refractivity contribution < 1.29 is 14.2 Å². The molecule has 3 aromatic rings. The number of fused-ring (bicyclic) bond motifs is 1. The molecule has 1 aromatic carbocycles. The van der Waals surface area contributed by atoms with E-state index >= 15 is 0 Å². The Labute approximate surface area is 189 Å². The third-order valence-corrected chi connectivity index (χ3v) is 5.43. The molecule has 33 heavy (non-hydrogen) atoms. The van der Waals surface area contributed by atoms with Crippen molar-refractivity contribution >= 4 is 11.5 Å². The van der Waals surface area contributed by atoms with E-state index in [0.717, 1.165) is 15.7 Å². The lowest BCUT2D eigenvalue weighted by atomic mass is 10.2. The SMILES string of the molecule is CCOC1Nc2c(c(=O)n(CCCO)c(=O)n2Cc2cccnc2)N1Cc1ccc(F)cc1. The van der Waals surface area contributed by atoms with Gasteiger partial charge >= 0.3 is 5.69 Å². The Balaban J connectivity index is 1.85. The van der Waals surface area contributed by atoms with Gasteiger partial charge in [0.05, 0.1) is 6.54 Å². The molecular weight excluding hydrogens is 429 g/mol. The highest BCUT2D eigenvalue weighted by atomic mass is 19.1. The van der Waals surface area contributed by atoms with Gasteiger partial charge in [0.15, 0.2) is 0 Å². The predicted molar refractivity (Wildman–Crippen MR) is 122 cm³/mol. The number of aromatic nitrogens is 3. The molecule has 1 aliphatic heterocycles. The van der Waals surface area contributed by atoms with Crippen molar-refractivity contribution in [2.45, 2.75) is 39.3 Å². The number of benzene rings is 1. The number of anilines is 2. The van der Waals surface area contributed by atoms with Gasteiger partial charge in [-0.15, -0.1) is 0 Å². The van der Waals surface area contributed by atoms with E-state index in [1.165, 1.54) is 16.7 Å². The van der Waals surface area contributed by atoms with Crippen LogP contribution >= 0.6 is 0 Å². The summed E-state index contributed by atoms with van der Waals surface area (Å²) in [4.78, 5) is 32.6. The minimum atomic E-state index is -0.684. The summed E-state index contributed by atoms with van der Waals surface area (Å²) >= 11 is 0. The number of pyridine rings is 1. The zero-order chi connectivity index (χ0) is 23.4. The van der Waals surface area contributed by atoms with Gasteiger partial charge in [-0.25, -0.2) is 9.18 Å². The van der Waals surface area contributed by atoms with E-state index < -0.39 is 17.6 Å². The number of rotatable bonds is 9. The lowest BCUT2D eigenvalue weighted by Gasteiger charge is -2.25. The van der Waals surface area contributed by atoms with Crippen LogP contribution in [0.4, 0.5) is 15.9 Å². The lowest BCUT2D eigenvalue weighted by molar-refractivity contribution is 0.0827. The molecule has 174 valence electrons. The van der Waals surface area contributed by atoms with E-state index in [1.54, 1.807) is 35.5 Å². The summed E-state index contributed by atoms with van der Waals surface area (Å²) in [6.07, 6.45) is 2.89. The monoisotopic (exact) mass is 455 g/mol. The first kappa shape index (κ1) is 22.7. The maximum absolute atomic E-state index is 13.5. The number of ether oxygens (including phenoxy) is 1. The summed E-state index contributed by atoms with van der Waals surface area (Å²) in [5.74, 6) is 0.00591. The lowest BCUT2D eigenvalue weighted by Crippen LogP contribution is -2.43. The molecule has 2 aromatic heterocycles. The van der Waals surface area contributed by atoms with Crippen LogP contribution in [0.15, 0.2) is 58.4 Å². The summed E-state index contributed by atoms with van der Waals surface area (Å²) in [6, 6.07) is 9.63. The fourth-order valence-corrected chi connectivity index (χ4v) is 3.89. The van der Waals surface area contributed by atoms with Crippen molar-refractivity contribution in [1.82, 2.24) is 14.1 Å². The Hall–Kier alpha value is -3.50. The van der Waals surface area contributed by atoms with Gasteiger partial charge in [-0.2, -0.15) is 0 Å². The van der Waals surface area contributed by atoms with Crippen molar-refractivity contribution in [2.24, 2.45) is 0 Å². The second-order valence-electron chi connectivity index (χ2n) is 7.67. The second-order valence-corrected chi connectivity index (χ2v) is 7.67. The highest BCUT2D eigenvalue weighted by molar-refractivity contribution is 5.71. The molecule has 2 N–H and O–H groups in total. The Morgan fingerprint density at radius 1 is 1.12 bits per heavy atom. The van der Waals surface area contributed by atoms with Crippen molar-refractivity contribution in [2.75, 3.05) is 23.4 Å². The van der Waals surface area contributed by atoms with Gasteiger partial charge < -0.3 is 20.1 Å². The Morgan fingerprint density at radius 2 is 1.91 bits per heavy atom. The normalized spacial score (nSPS) is 14.9. The average molecular weight is 455 g/mol. The van der Waals surface area contributed by atoms with Crippen LogP contribution in [0.5, 0.6) is 0 Å². The standard InChI is InChI=1S/C23H26FN5O4/c1-2-33-22-26-20-19(28(22)14-16-6-8-18(24)9-7-16)21(31)27(11-4-12-30)23(32)29(20)15-17-5-3-10-25-13-17/h3,5-10,13,22,26,30H,2,4,11-12,14-15H2,1H3. The highest BCUT2D eigenvalue weighted by Crippen LogP contribution is 2.32. The van der Waals surface area contributed by atoms with Crippen LogP contribution in [0.2, 0.25) is 0 Å². The highest BCUT2D eigenvalue weighted by Gasteiger charge is 2.36. The Bertz CT molecular complexity index is 1210. The van der Waals surface area contributed by atoms with Crippen molar-refractivity contribution in [3.63, 3.8) is 0 Å². The molecule has 0 spiro atoms. The summed E-state index contributed by atoms with van der Waals surface area (Å²) in [7, 11) is 0. The number of nitrogens with zero attached hydrogens (tertiary/aromatic N) is 4. The van der Waals surface area contributed by atoms with Crippen LogP contribution < -0.4 is 21.5 Å². The van der Waals surface area contributed by atoms with Gasteiger partial charge in [0, 0.05) is 38.7 Å². The minimum absolute atomic E-state index is 0.0815. The quantitative estimate of drug-likeness (QED) is 0.507. The van der Waals surface area contributed by atoms with E-state index in [0.29, 0.717) is 18.1 Å². The third-order valence-electron chi connectivity index (χ3n) is 5.43. The first-order valence-corrected chi connectivity index (χ1v) is 10.8. The van der Waals surface area contributed by atoms with Crippen molar-refractivity contribution in [3.05, 3.63) is 86.6 Å². The molecule has 0 radical (unpaired) electrons. The molecule has 9 nitrogen and oxygen atoms in total. The number of aliphatic hydroxyl groups excluding tert-OH is 1. The Kier molecular flexibility index (Phi) is 6.85. The summed E-state index contributed by atoms with van der Waals surface area (Å²) in [5, 5.41) is 12.5. The summed E-state index contributed by atoms with van der Waals surface area (Å²) < 4.78 is 21.9.